The standard InChI is InChI=1S/C30H42O9/c1-6-7-8-9-10-11-12-13-21(32)38-27(17(2)3)15-19(5)29(36)20-14-18(4)23(33)30(20,37)26(35)28(16-31)25(39-28)22(29)24(27)34/h10-14,19-20,22,24-26,31,34-37H,2,6-9,15-16H2,1,3-5H3/t19-,20+,22-,24-,25+,26-,27-,28+,29+,30-/m1/s1. The summed E-state index contributed by atoms with van der Waals surface area (Å²) >= 11 is 0. The van der Waals surface area contributed by atoms with Crippen molar-refractivity contribution in [3.05, 3.63) is 48.1 Å². The number of aliphatic hydroxyl groups excluding tert-OH is 3. The van der Waals surface area contributed by atoms with E-state index in [1.54, 1.807) is 26.0 Å². The SMILES string of the molecule is C=C(C)[C@]1(OC(=O)C=CC=CCCCCC)C[C@@H](C)[C@@]2(O)[C@H]([C@H]1O)[C@@H]1O[C@]1(CO)[C@@H](O)[C@]1(O)C(=O)C(C)=C[C@H]12. The summed E-state index contributed by atoms with van der Waals surface area (Å²) < 4.78 is 11.7. The summed E-state index contributed by atoms with van der Waals surface area (Å²) in [5.41, 5.74) is -7.36. The molecular formula is C30H42O9. The maximum Gasteiger partial charge on any atom is 0.331 e. The average molecular weight is 547 g/mol. The molecule has 1 saturated heterocycles. The molecule has 3 fully saturated rings. The van der Waals surface area contributed by atoms with Crippen molar-refractivity contribution in [1.29, 1.82) is 0 Å². The zero-order valence-electron chi connectivity index (χ0n) is 23.2. The average Bonchev–Trinajstić information content (AvgIpc) is 3.57. The molecule has 0 unspecified atom stereocenters. The van der Waals surface area contributed by atoms with Crippen LogP contribution in [0.25, 0.3) is 0 Å². The van der Waals surface area contributed by atoms with Crippen LogP contribution in [0, 0.1) is 17.8 Å². The van der Waals surface area contributed by atoms with Gasteiger partial charge < -0.3 is 35.0 Å². The molecule has 216 valence electrons. The predicted octanol–water partition coefficient (Wildman–Crippen LogP) is 1.67. The van der Waals surface area contributed by atoms with Crippen molar-refractivity contribution in [3.8, 4) is 0 Å². The van der Waals surface area contributed by atoms with Crippen molar-refractivity contribution in [3.63, 3.8) is 0 Å². The molecule has 5 N–H and O–H groups in total. The molecule has 0 aromatic heterocycles. The van der Waals surface area contributed by atoms with E-state index in [1.165, 1.54) is 19.1 Å². The molecule has 10 atom stereocenters. The summed E-state index contributed by atoms with van der Waals surface area (Å²) in [5, 5.41) is 57.4. The second kappa shape index (κ2) is 10.4. The van der Waals surface area contributed by atoms with Gasteiger partial charge in [0.05, 0.1) is 12.2 Å². The fourth-order valence-corrected chi connectivity index (χ4v) is 7.26. The number of epoxide rings is 1. The van der Waals surface area contributed by atoms with Crippen LogP contribution < -0.4 is 0 Å². The minimum atomic E-state index is -2.47. The lowest BCUT2D eigenvalue weighted by Crippen LogP contribution is -2.71. The van der Waals surface area contributed by atoms with Gasteiger partial charge in [-0.2, -0.15) is 0 Å². The van der Waals surface area contributed by atoms with Crippen LogP contribution in [0.5, 0.6) is 0 Å². The highest BCUT2D eigenvalue weighted by atomic mass is 16.6. The number of allylic oxidation sites excluding steroid dienone is 3. The number of rotatable bonds is 9. The number of ether oxygens (including phenoxy) is 2. The van der Waals surface area contributed by atoms with Crippen molar-refractivity contribution >= 4 is 11.8 Å². The van der Waals surface area contributed by atoms with Crippen molar-refractivity contribution in [2.75, 3.05) is 6.61 Å². The van der Waals surface area contributed by atoms with Gasteiger partial charge in [0.2, 0.25) is 0 Å². The van der Waals surface area contributed by atoms with Gasteiger partial charge in [0.25, 0.3) is 0 Å². The Morgan fingerprint density at radius 1 is 1.26 bits per heavy atom. The van der Waals surface area contributed by atoms with Crippen molar-refractivity contribution in [2.24, 2.45) is 17.8 Å². The Labute approximate surface area is 229 Å². The highest BCUT2D eigenvalue weighted by molar-refractivity contribution is 6.05. The molecule has 1 aliphatic heterocycles. The second-order valence-electron chi connectivity index (χ2n) is 11.9. The molecule has 2 saturated carbocycles. The molecule has 9 nitrogen and oxygen atoms in total. The summed E-state index contributed by atoms with van der Waals surface area (Å²) in [6.07, 6.45) is 7.51. The molecule has 1 heterocycles. The molecule has 0 radical (unpaired) electrons. The van der Waals surface area contributed by atoms with Crippen LogP contribution in [-0.2, 0) is 19.1 Å². The van der Waals surface area contributed by atoms with Gasteiger partial charge in [-0.05, 0) is 50.2 Å². The first kappa shape index (κ1) is 29.8. The molecule has 0 bridgehead atoms. The highest BCUT2D eigenvalue weighted by Crippen LogP contribution is 2.65. The smallest absolute Gasteiger partial charge is 0.331 e. The lowest BCUT2D eigenvalue weighted by molar-refractivity contribution is -0.252. The minimum absolute atomic E-state index is 0.0640. The van der Waals surface area contributed by atoms with Crippen LogP contribution in [0.15, 0.2) is 48.1 Å². The number of esters is 1. The largest absolute Gasteiger partial charge is 0.449 e. The van der Waals surface area contributed by atoms with E-state index in [-0.39, 0.29) is 12.0 Å². The van der Waals surface area contributed by atoms with Crippen LogP contribution >= 0.6 is 0 Å². The fraction of sp³-hybridized carbons (Fsp3) is 0.667. The minimum Gasteiger partial charge on any atom is -0.449 e. The third kappa shape index (κ3) is 4.21. The Morgan fingerprint density at radius 2 is 1.95 bits per heavy atom. The maximum atomic E-state index is 13.1. The van der Waals surface area contributed by atoms with E-state index in [0.717, 1.165) is 25.7 Å². The molecule has 9 heteroatoms. The summed E-state index contributed by atoms with van der Waals surface area (Å²) in [6, 6.07) is 0. The zero-order chi connectivity index (χ0) is 29.0. The Kier molecular flexibility index (Phi) is 7.92. The Balaban J connectivity index is 1.70. The number of ketones is 1. The maximum absolute atomic E-state index is 13.1. The van der Waals surface area contributed by atoms with Gasteiger partial charge in [0, 0.05) is 17.9 Å². The molecule has 4 rings (SSSR count). The first-order chi connectivity index (χ1) is 18.3. The molecule has 0 aromatic carbocycles. The number of aliphatic hydroxyl groups is 5. The Morgan fingerprint density at radius 3 is 2.56 bits per heavy atom. The van der Waals surface area contributed by atoms with Crippen molar-refractivity contribution in [2.45, 2.75) is 101 Å². The van der Waals surface area contributed by atoms with Gasteiger partial charge in [-0.3, -0.25) is 4.79 Å². The van der Waals surface area contributed by atoms with Gasteiger partial charge in [0.15, 0.2) is 17.0 Å². The van der Waals surface area contributed by atoms with E-state index in [2.05, 4.69) is 13.5 Å². The molecule has 3 aliphatic carbocycles. The van der Waals surface area contributed by atoms with E-state index < -0.39 is 76.8 Å². The van der Waals surface area contributed by atoms with Gasteiger partial charge in [0.1, 0.15) is 23.9 Å². The number of hydrogen-bond acceptors (Lipinski definition) is 9. The number of unbranched alkanes of at least 4 members (excludes halogenated alkanes) is 3. The Hall–Kier alpha value is -2.14. The van der Waals surface area contributed by atoms with Gasteiger partial charge in [-0.25, -0.2) is 4.79 Å². The van der Waals surface area contributed by atoms with E-state index in [4.69, 9.17) is 9.47 Å². The van der Waals surface area contributed by atoms with Crippen LogP contribution in [0.4, 0.5) is 0 Å². The monoisotopic (exact) mass is 546 g/mol. The lowest BCUT2D eigenvalue weighted by atomic mass is 9.54. The van der Waals surface area contributed by atoms with Crippen molar-refractivity contribution in [1.82, 2.24) is 0 Å². The summed E-state index contributed by atoms with van der Waals surface area (Å²) in [6.45, 7) is 10.1. The normalized spacial score (nSPS) is 44.9. The number of carbonyl (C=O) groups excluding carboxylic acids is 2. The zero-order valence-corrected chi connectivity index (χ0v) is 23.2. The molecule has 39 heavy (non-hydrogen) atoms. The third-order valence-electron chi connectivity index (χ3n) is 9.54. The first-order valence-electron chi connectivity index (χ1n) is 13.8. The summed E-state index contributed by atoms with van der Waals surface area (Å²) in [4.78, 5) is 26.1. The molecular weight excluding hydrogens is 504 g/mol. The number of carbonyl (C=O) groups is 2. The number of Topliss-reactive ketones (excluding diaryl/α,β-unsaturated/α-hetero) is 1. The van der Waals surface area contributed by atoms with Crippen LogP contribution in [0.1, 0.15) is 59.8 Å². The van der Waals surface area contributed by atoms with Crippen LogP contribution in [-0.4, -0.2) is 84.6 Å². The van der Waals surface area contributed by atoms with E-state index >= 15 is 0 Å². The second-order valence-corrected chi connectivity index (χ2v) is 11.9. The van der Waals surface area contributed by atoms with Crippen LogP contribution in [0.3, 0.4) is 0 Å². The topological polar surface area (TPSA) is 157 Å². The summed E-state index contributed by atoms with van der Waals surface area (Å²) in [7, 11) is 0. The molecule has 0 aromatic rings. The number of fused-ring (bicyclic) bond motifs is 5. The summed E-state index contributed by atoms with van der Waals surface area (Å²) in [5.74, 6) is -4.79. The quantitative estimate of drug-likeness (QED) is 0.0725. The predicted molar refractivity (Wildman–Crippen MR) is 142 cm³/mol. The van der Waals surface area contributed by atoms with Crippen molar-refractivity contribution < 1.29 is 44.6 Å². The van der Waals surface area contributed by atoms with Gasteiger partial charge in [-0.1, -0.05) is 57.6 Å². The lowest BCUT2D eigenvalue weighted by Gasteiger charge is -2.57. The van der Waals surface area contributed by atoms with Crippen LogP contribution in [0.2, 0.25) is 0 Å². The first-order valence-corrected chi connectivity index (χ1v) is 13.8. The van der Waals surface area contributed by atoms with E-state index in [0.29, 0.717) is 5.57 Å². The highest BCUT2D eigenvalue weighted by Gasteiger charge is 2.83. The van der Waals surface area contributed by atoms with E-state index in [9.17, 15) is 35.1 Å². The third-order valence-corrected chi connectivity index (χ3v) is 9.54. The Bertz CT molecular complexity index is 1110. The molecule has 0 amide bonds. The number of hydrogen-bond donors (Lipinski definition) is 5. The fourth-order valence-electron chi connectivity index (χ4n) is 7.26. The van der Waals surface area contributed by atoms with E-state index in [1.807, 2.05) is 6.08 Å². The van der Waals surface area contributed by atoms with Gasteiger partial charge in [-0.15, -0.1) is 0 Å². The molecule has 4 aliphatic rings. The van der Waals surface area contributed by atoms with Gasteiger partial charge >= 0.3 is 5.97 Å². The molecule has 0 spiro atoms.